The molecule has 0 unspecified atom stereocenters. The van der Waals surface area contributed by atoms with E-state index in [0.717, 1.165) is 30.4 Å². The topological polar surface area (TPSA) is 84.0 Å². The van der Waals surface area contributed by atoms with Gasteiger partial charge in [0.05, 0.1) is 30.8 Å². The fourth-order valence-corrected chi connectivity index (χ4v) is 3.92. The van der Waals surface area contributed by atoms with Gasteiger partial charge in [0.1, 0.15) is 11.9 Å². The number of hydrogen-bond acceptors (Lipinski definition) is 6. The number of aromatic nitrogens is 3. The number of nitriles is 1. The lowest BCUT2D eigenvalue weighted by Crippen LogP contribution is -2.37. The first-order valence-corrected chi connectivity index (χ1v) is 9.74. The second-order valence-electron chi connectivity index (χ2n) is 7.57. The van der Waals surface area contributed by atoms with Gasteiger partial charge < -0.3 is 9.64 Å². The number of ether oxygens (including phenoxy) is 1. The van der Waals surface area contributed by atoms with Crippen molar-refractivity contribution < 1.29 is 17.9 Å². The summed E-state index contributed by atoms with van der Waals surface area (Å²) in [7, 11) is 0. The van der Waals surface area contributed by atoms with E-state index in [1.54, 1.807) is 0 Å². The highest BCUT2D eigenvalue weighted by Crippen LogP contribution is 2.29. The van der Waals surface area contributed by atoms with Crippen molar-refractivity contribution in [3.05, 3.63) is 51.3 Å². The Morgan fingerprint density at radius 3 is 2.70 bits per heavy atom. The number of hydrogen-bond donors (Lipinski definition) is 0. The molecule has 4 heterocycles. The molecule has 1 fully saturated rings. The standard InChI is InChI=1S/C20H20F3N5O2/c21-20(22,23)17-8-18(29)28(12-25-17)10-13-1-4-27(5-2-13)19-14(9-24)7-15-11-30-6-3-16(15)26-19/h7-8,12-13H,1-6,10-11H2. The Labute approximate surface area is 170 Å². The van der Waals surface area contributed by atoms with Crippen LogP contribution in [-0.2, 0) is 30.5 Å². The Morgan fingerprint density at radius 2 is 2.03 bits per heavy atom. The molecule has 0 atom stereocenters. The van der Waals surface area contributed by atoms with Crippen LogP contribution in [0.1, 0.15) is 35.4 Å². The molecule has 0 aromatic carbocycles. The quantitative estimate of drug-likeness (QED) is 0.760. The smallest absolute Gasteiger partial charge is 0.376 e. The van der Waals surface area contributed by atoms with Gasteiger partial charge in [0, 0.05) is 37.7 Å². The first kappa shape index (κ1) is 20.3. The van der Waals surface area contributed by atoms with Crippen molar-refractivity contribution in [1.29, 1.82) is 5.26 Å². The van der Waals surface area contributed by atoms with Crippen LogP contribution in [-0.4, -0.2) is 34.2 Å². The monoisotopic (exact) mass is 419 g/mol. The Bertz CT molecular complexity index is 1040. The molecular weight excluding hydrogens is 399 g/mol. The van der Waals surface area contributed by atoms with Gasteiger partial charge in [-0.3, -0.25) is 9.36 Å². The fourth-order valence-electron chi connectivity index (χ4n) is 3.92. The summed E-state index contributed by atoms with van der Waals surface area (Å²) in [6.45, 7) is 2.71. The van der Waals surface area contributed by atoms with E-state index in [1.165, 1.54) is 4.57 Å². The number of fused-ring (bicyclic) bond motifs is 1. The van der Waals surface area contributed by atoms with E-state index < -0.39 is 17.4 Å². The van der Waals surface area contributed by atoms with E-state index in [9.17, 15) is 23.2 Å². The molecule has 2 aromatic rings. The maximum Gasteiger partial charge on any atom is 0.433 e. The summed E-state index contributed by atoms with van der Waals surface area (Å²) in [4.78, 5) is 22.2. The highest BCUT2D eigenvalue weighted by atomic mass is 19.4. The van der Waals surface area contributed by atoms with Crippen LogP contribution in [0.3, 0.4) is 0 Å². The minimum absolute atomic E-state index is 0.133. The first-order valence-electron chi connectivity index (χ1n) is 9.74. The normalized spacial score (nSPS) is 17.5. The predicted molar refractivity (Wildman–Crippen MR) is 101 cm³/mol. The van der Waals surface area contributed by atoms with Crippen molar-refractivity contribution in [2.24, 2.45) is 5.92 Å². The lowest BCUT2D eigenvalue weighted by atomic mass is 9.96. The van der Waals surface area contributed by atoms with Crippen molar-refractivity contribution in [3.63, 3.8) is 0 Å². The molecule has 0 N–H and O–H groups in total. The van der Waals surface area contributed by atoms with E-state index in [4.69, 9.17) is 9.72 Å². The highest BCUT2D eigenvalue weighted by molar-refractivity contribution is 5.56. The van der Waals surface area contributed by atoms with Gasteiger partial charge in [-0.15, -0.1) is 0 Å². The van der Waals surface area contributed by atoms with Crippen LogP contribution in [0.2, 0.25) is 0 Å². The van der Waals surface area contributed by atoms with Crippen LogP contribution in [0.25, 0.3) is 0 Å². The summed E-state index contributed by atoms with van der Waals surface area (Å²) in [5.74, 6) is 0.805. The number of anilines is 1. The molecule has 10 heteroatoms. The average Bonchev–Trinajstić information content (AvgIpc) is 2.74. The largest absolute Gasteiger partial charge is 0.433 e. The van der Waals surface area contributed by atoms with E-state index in [0.29, 0.717) is 56.7 Å². The van der Waals surface area contributed by atoms with Crippen molar-refractivity contribution in [2.75, 3.05) is 24.6 Å². The Hall–Kier alpha value is -2.93. The summed E-state index contributed by atoms with van der Waals surface area (Å²) in [5.41, 5.74) is 0.544. The molecule has 7 nitrogen and oxygen atoms in total. The van der Waals surface area contributed by atoms with Gasteiger partial charge in [0.25, 0.3) is 5.56 Å². The first-order chi connectivity index (χ1) is 14.3. The summed E-state index contributed by atoms with van der Waals surface area (Å²) >= 11 is 0. The molecule has 158 valence electrons. The maximum absolute atomic E-state index is 12.7. The molecule has 0 amide bonds. The van der Waals surface area contributed by atoms with Crippen LogP contribution in [0, 0.1) is 17.2 Å². The molecular formula is C20H20F3N5O2. The molecule has 2 aliphatic heterocycles. The number of pyridine rings is 1. The molecule has 2 aliphatic rings. The number of alkyl halides is 3. The van der Waals surface area contributed by atoms with Gasteiger partial charge in [-0.05, 0) is 24.8 Å². The second kappa shape index (κ2) is 8.07. The zero-order valence-corrected chi connectivity index (χ0v) is 16.2. The molecule has 30 heavy (non-hydrogen) atoms. The van der Waals surface area contributed by atoms with E-state index in [2.05, 4.69) is 16.0 Å². The highest BCUT2D eigenvalue weighted by Gasteiger charge is 2.33. The fraction of sp³-hybridized carbons (Fsp3) is 0.500. The molecule has 0 aliphatic carbocycles. The summed E-state index contributed by atoms with van der Waals surface area (Å²) in [5, 5.41) is 9.53. The Kier molecular flexibility index (Phi) is 5.47. The van der Waals surface area contributed by atoms with Crippen LogP contribution < -0.4 is 10.5 Å². The molecule has 1 saturated heterocycles. The number of piperidine rings is 1. The lowest BCUT2D eigenvalue weighted by molar-refractivity contribution is -0.141. The molecule has 0 spiro atoms. The average molecular weight is 419 g/mol. The predicted octanol–water partition coefficient (Wildman–Crippen LogP) is 2.52. The van der Waals surface area contributed by atoms with E-state index >= 15 is 0 Å². The number of nitrogens with zero attached hydrogens (tertiary/aromatic N) is 5. The summed E-state index contributed by atoms with van der Waals surface area (Å²) < 4.78 is 44.7. The molecule has 0 saturated carbocycles. The second-order valence-corrected chi connectivity index (χ2v) is 7.57. The minimum Gasteiger partial charge on any atom is -0.376 e. The summed E-state index contributed by atoms with van der Waals surface area (Å²) in [6, 6.07) is 4.59. The van der Waals surface area contributed by atoms with Crippen LogP contribution >= 0.6 is 0 Å². The van der Waals surface area contributed by atoms with Gasteiger partial charge in [-0.1, -0.05) is 0 Å². The zero-order chi connectivity index (χ0) is 21.3. The molecule has 2 aromatic heterocycles. The number of rotatable bonds is 3. The summed E-state index contributed by atoms with van der Waals surface area (Å²) in [6.07, 6.45) is -1.47. The van der Waals surface area contributed by atoms with Crippen LogP contribution in [0.15, 0.2) is 23.3 Å². The Balaban J connectivity index is 1.44. The van der Waals surface area contributed by atoms with Crippen LogP contribution in [0.5, 0.6) is 0 Å². The van der Waals surface area contributed by atoms with Crippen molar-refractivity contribution in [3.8, 4) is 6.07 Å². The van der Waals surface area contributed by atoms with Gasteiger partial charge in [0.2, 0.25) is 0 Å². The molecule has 0 bridgehead atoms. The van der Waals surface area contributed by atoms with Crippen molar-refractivity contribution in [1.82, 2.24) is 14.5 Å². The maximum atomic E-state index is 12.7. The number of halogens is 3. The van der Waals surface area contributed by atoms with Gasteiger partial charge in [0.15, 0.2) is 5.69 Å². The third kappa shape index (κ3) is 4.16. The van der Waals surface area contributed by atoms with E-state index in [-0.39, 0.29) is 5.92 Å². The van der Waals surface area contributed by atoms with E-state index in [1.807, 2.05) is 6.07 Å². The Morgan fingerprint density at radius 1 is 1.27 bits per heavy atom. The van der Waals surface area contributed by atoms with Gasteiger partial charge in [-0.2, -0.15) is 18.4 Å². The van der Waals surface area contributed by atoms with Crippen molar-refractivity contribution in [2.45, 2.75) is 38.6 Å². The van der Waals surface area contributed by atoms with Crippen LogP contribution in [0.4, 0.5) is 19.0 Å². The molecule has 4 rings (SSSR count). The lowest BCUT2D eigenvalue weighted by Gasteiger charge is -2.34. The SMILES string of the molecule is N#Cc1cc2c(nc1N1CCC(Cn3cnc(C(F)(F)F)cc3=O)CC1)CCOC2. The minimum atomic E-state index is -4.63. The molecule has 0 radical (unpaired) electrons. The van der Waals surface area contributed by atoms with Crippen molar-refractivity contribution >= 4 is 5.82 Å². The zero-order valence-electron chi connectivity index (χ0n) is 16.2. The third-order valence-electron chi connectivity index (χ3n) is 5.57. The van der Waals surface area contributed by atoms with Gasteiger partial charge in [-0.25, -0.2) is 9.97 Å². The third-order valence-corrected chi connectivity index (χ3v) is 5.57. The van der Waals surface area contributed by atoms with Gasteiger partial charge >= 0.3 is 6.18 Å².